The van der Waals surface area contributed by atoms with E-state index in [0.717, 1.165) is 28.0 Å². The number of rotatable bonds is 2. The third-order valence-electron chi connectivity index (χ3n) is 2.44. The topological polar surface area (TPSA) is 12.0 Å². The lowest BCUT2D eigenvalue weighted by Crippen LogP contribution is -2.31. The van der Waals surface area contributed by atoms with Crippen LogP contribution in [0.2, 0.25) is 10.0 Å². The molecule has 1 heterocycles. The highest BCUT2D eigenvalue weighted by Gasteiger charge is 2.15. The van der Waals surface area contributed by atoms with Crippen molar-refractivity contribution in [2.24, 2.45) is 0 Å². The van der Waals surface area contributed by atoms with Crippen molar-refractivity contribution in [3.8, 4) is 0 Å². The van der Waals surface area contributed by atoms with Crippen LogP contribution in [0.4, 0.5) is 0 Å². The van der Waals surface area contributed by atoms with Gasteiger partial charge in [-0.05, 0) is 37.6 Å². The predicted molar refractivity (Wildman–Crippen MR) is 68.2 cm³/mol. The molecule has 1 aromatic carbocycles. The monoisotopic (exact) mass is 261 g/mol. The number of hydrogen-bond acceptors (Lipinski definition) is 2. The lowest BCUT2D eigenvalue weighted by molar-refractivity contribution is 0.531. The Hall–Kier alpha value is 0.110. The maximum Gasteiger partial charge on any atom is 0.0543 e. The molecule has 0 spiro atoms. The van der Waals surface area contributed by atoms with E-state index < -0.39 is 0 Å². The summed E-state index contributed by atoms with van der Waals surface area (Å²) < 4.78 is 0. The van der Waals surface area contributed by atoms with Crippen LogP contribution in [0.5, 0.6) is 0 Å². The molecule has 1 atom stereocenters. The van der Waals surface area contributed by atoms with E-state index >= 15 is 0 Å². The molecule has 1 aliphatic rings. The molecule has 1 saturated heterocycles. The van der Waals surface area contributed by atoms with Crippen LogP contribution in [0.3, 0.4) is 0 Å². The van der Waals surface area contributed by atoms with Gasteiger partial charge in [0.05, 0.1) is 5.02 Å². The van der Waals surface area contributed by atoms with Crippen LogP contribution < -0.4 is 5.32 Å². The van der Waals surface area contributed by atoms with Gasteiger partial charge in [0.15, 0.2) is 0 Å². The molecular formula is C11H13Cl2NS. The largest absolute Gasteiger partial charge is 0.316 e. The van der Waals surface area contributed by atoms with Gasteiger partial charge in [-0.25, -0.2) is 0 Å². The highest BCUT2D eigenvalue weighted by Crippen LogP contribution is 2.34. The Balaban J connectivity index is 2.05. The quantitative estimate of drug-likeness (QED) is 0.869. The maximum atomic E-state index is 6.12. The molecule has 1 nitrogen and oxygen atoms in total. The average molecular weight is 262 g/mol. The summed E-state index contributed by atoms with van der Waals surface area (Å²) in [5, 5.41) is 5.57. The van der Waals surface area contributed by atoms with Crippen molar-refractivity contribution >= 4 is 35.0 Å². The molecule has 0 bridgehead atoms. The number of benzene rings is 1. The molecule has 15 heavy (non-hydrogen) atoms. The van der Waals surface area contributed by atoms with Gasteiger partial charge in [-0.1, -0.05) is 23.2 Å². The molecule has 0 amide bonds. The van der Waals surface area contributed by atoms with Crippen LogP contribution in [0, 0.1) is 0 Å². The third kappa shape index (κ3) is 3.28. The number of halogens is 2. The standard InChI is InChI=1S/C11H13Cl2NS/c12-8-3-4-10(13)11(6-8)15-9-2-1-5-14-7-9/h3-4,6,9,14H,1-2,5,7H2. The predicted octanol–water partition coefficient (Wildman–Crippen LogP) is 3.84. The Kier molecular flexibility index (Phi) is 4.21. The zero-order chi connectivity index (χ0) is 10.7. The van der Waals surface area contributed by atoms with E-state index in [4.69, 9.17) is 23.2 Å². The van der Waals surface area contributed by atoms with Crippen LogP contribution in [0.1, 0.15) is 12.8 Å². The van der Waals surface area contributed by atoms with E-state index in [9.17, 15) is 0 Å². The molecular weight excluding hydrogens is 249 g/mol. The van der Waals surface area contributed by atoms with Gasteiger partial charge in [0.1, 0.15) is 0 Å². The molecule has 2 rings (SSSR count). The Labute approximate surface area is 105 Å². The summed E-state index contributed by atoms with van der Waals surface area (Å²) in [6.07, 6.45) is 2.50. The fraction of sp³-hybridized carbons (Fsp3) is 0.455. The van der Waals surface area contributed by atoms with Gasteiger partial charge in [-0.3, -0.25) is 0 Å². The second-order valence-electron chi connectivity index (χ2n) is 3.66. The Morgan fingerprint density at radius 3 is 2.93 bits per heavy atom. The summed E-state index contributed by atoms with van der Waals surface area (Å²) in [6, 6.07) is 5.64. The van der Waals surface area contributed by atoms with E-state index in [2.05, 4.69) is 5.32 Å². The minimum atomic E-state index is 0.620. The van der Waals surface area contributed by atoms with Gasteiger partial charge >= 0.3 is 0 Å². The number of piperidine rings is 1. The van der Waals surface area contributed by atoms with Crippen molar-refractivity contribution in [2.75, 3.05) is 13.1 Å². The minimum Gasteiger partial charge on any atom is -0.316 e. The van der Waals surface area contributed by atoms with Gasteiger partial charge in [-0.2, -0.15) is 0 Å². The molecule has 0 radical (unpaired) electrons. The molecule has 0 saturated carbocycles. The SMILES string of the molecule is Clc1ccc(Cl)c(SC2CCCNC2)c1. The number of thioether (sulfide) groups is 1. The lowest BCUT2D eigenvalue weighted by Gasteiger charge is -2.22. The first kappa shape index (κ1) is 11.6. The van der Waals surface area contributed by atoms with E-state index in [1.807, 2.05) is 30.0 Å². The molecule has 1 fully saturated rings. The van der Waals surface area contributed by atoms with Gasteiger partial charge in [0.25, 0.3) is 0 Å². The highest BCUT2D eigenvalue weighted by atomic mass is 35.5. The fourth-order valence-electron chi connectivity index (χ4n) is 1.67. The molecule has 82 valence electrons. The second-order valence-corrected chi connectivity index (χ2v) is 5.85. The minimum absolute atomic E-state index is 0.620. The zero-order valence-electron chi connectivity index (χ0n) is 8.30. The first-order chi connectivity index (χ1) is 7.25. The van der Waals surface area contributed by atoms with Gasteiger partial charge in [0.2, 0.25) is 0 Å². The molecule has 1 aliphatic heterocycles. The van der Waals surface area contributed by atoms with Gasteiger partial charge < -0.3 is 5.32 Å². The molecule has 0 aromatic heterocycles. The van der Waals surface area contributed by atoms with Crippen LogP contribution in [-0.2, 0) is 0 Å². The smallest absolute Gasteiger partial charge is 0.0543 e. The first-order valence-corrected chi connectivity index (χ1v) is 6.72. The summed E-state index contributed by atoms with van der Waals surface area (Å²) >= 11 is 13.9. The van der Waals surface area contributed by atoms with Crippen LogP contribution >= 0.6 is 35.0 Å². The van der Waals surface area contributed by atoms with Crippen LogP contribution in [0.15, 0.2) is 23.1 Å². The summed E-state index contributed by atoms with van der Waals surface area (Å²) in [5.41, 5.74) is 0. The van der Waals surface area contributed by atoms with E-state index in [1.165, 1.54) is 12.8 Å². The normalized spacial score (nSPS) is 21.6. The maximum absolute atomic E-state index is 6.12. The Morgan fingerprint density at radius 1 is 1.33 bits per heavy atom. The summed E-state index contributed by atoms with van der Waals surface area (Å²) in [7, 11) is 0. The van der Waals surface area contributed by atoms with Gasteiger partial charge in [-0.15, -0.1) is 11.8 Å². The average Bonchev–Trinajstić information content (AvgIpc) is 2.25. The van der Waals surface area contributed by atoms with Crippen molar-refractivity contribution < 1.29 is 0 Å². The van der Waals surface area contributed by atoms with Crippen LogP contribution in [0.25, 0.3) is 0 Å². The summed E-state index contributed by atoms with van der Waals surface area (Å²) in [5.74, 6) is 0. The van der Waals surface area contributed by atoms with Crippen molar-refractivity contribution in [3.05, 3.63) is 28.2 Å². The summed E-state index contributed by atoms with van der Waals surface area (Å²) in [4.78, 5) is 1.10. The Morgan fingerprint density at radius 2 is 2.20 bits per heavy atom. The summed E-state index contributed by atoms with van der Waals surface area (Å²) in [6.45, 7) is 2.20. The zero-order valence-corrected chi connectivity index (χ0v) is 10.6. The number of hydrogen-bond donors (Lipinski definition) is 1. The molecule has 1 unspecified atom stereocenters. The van der Waals surface area contributed by atoms with E-state index in [1.54, 1.807) is 0 Å². The second kappa shape index (κ2) is 5.44. The lowest BCUT2D eigenvalue weighted by atomic mass is 10.2. The first-order valence-electron chi connectivity index (χ1n) is 5.08. The van der Waals surface area contributed by atoms with E-state index in [-0.39, 0.29) is 0 Å². The molecule has 1 N–H and O–H groups in total. The Bertz CT molecular complexity index is 337. The van der Waals surface area contributed by atoms with Crippen molar-refractivity contribution in [1.82, 2.24) is 5.32 Å². The molecule has 0 aliphatic carbocycles. The van der Waals surface area contributed by atoms with Crippen LogP contribution in [-0.4, -0.2) is 18.3 Å². The molecule has 4 heteroatoms. The van der Waals surface area contributed by atoms with Gasteiger partial charge in [0, 0.05) is 21.7 Å². The van der Waals surface area contributed by atoms with E-state index in [0.29, 0.717) is 5.25 Å². The fourth-order valence-corrected chi connectivity index (χ4v) is 3.38. The van der Waals surface area contributed by atoms with Crippen molar-refractivity contribution in [3.63, 3.8) is 0 Å². The van der Waals surface area contributed by atoms with Crippen molar-refractivity contribution in [2.45, 2.75) is 23.0 Å². The third-order valence-corrected chi connectivity index (χ3v) is 4.44. The number of nitrogens with one attached hydrogen (secondary N) is 1. The molecule has 1 aromatic rings. The van der Waals surface area contributed by atoms with Crippen molar-refractivity contribution in [1.29, 1.82) is 0 Å². The highest BCUT2D eigenvalue weighted by molar-refractivity contribution is 8.00.